The molecule has 1 aliphatic rings. The summed E-state index contributed by atoms with van der Waals surface area (Å²) in [6.45, 7) is 2.04. The van der Waals surface area contributed by atoms with Crippen LogP contribution in [0.25, 0.3) is 0 Å². The van der Waals surface area contributed by atoms with E-state index in [1.54, 1.807) is 0 Å². The van der Waals surface area contributed by atoms with Gasteiger partial charge in [-0.25, -0.2) is 0 Å². The van der Waals surface area contributed by atoms with Crippen molar-refractivity contribution in [3.63, 3.8) is 0 Å². The highest BCUT2D eigenvalue weighted by Gasteiger charge is 2.11. The van der Waals surface area contributed by atoms with E-state index < -0.39 is 0 Å². The van der Waals surface area contributed by atoms with Gasteiger partial charge in [0.05, 0.1) is 11.1 Å². The fraction of sp³-hybridized carbons (Fsp3) is 0.615. The van der Waals surface area contributed by atoms with Crippen LogP contribution < -0.4 is 0 Å². The zero-order valence-corrected chi connectivity index (χ0v) is 10.8. The van der Waals surface area contributed by atoms with E-state index in [0.29, 0.717) is 0 Å². The van der Waals surface area contributed by atoms with Gasteiger partial charge in [-0.1, -0.05) is 18.1 Å². The fourth-order valence-corrected chi connectivity index (χ4v) is 2.66. The number of allylic oxidation sites excluding steroid dienone is 2. The third kappa shape index (κ3) is 2.88. The summed E-state index contributed by atoms with van der Waals surface area (Å²) < 4.78 is 1.98. The summed E-state index contributed by atoms with van der Waals surface area (Å²) in [4.78, 5) is 0. The molecule has 3 heteroatoms. The van der Waals surface area contributed by atoms with Crippen molar-refractivity contribution in [1.82, 2.24) is 9.78 Å². The normalized spacial score (nSPS) is 21.7. The number of aromatic nitrogens is 2. The number of aryl methyl sites for hydroxylation is 2. The third-order valence-electron chi connectivity index (χ3n) is 3.15. The SMILES string of the molecule is Cc1cc(CC2=CC(Cl)CCCC2)n(C)n1. The zero-order valence-electron chi connectivity index (χ0n) is 10.0. The average Bonchev–Trinajstić information content (AvgIpc) is 2.42. The molecule has 1 unspecified atom stereocenters. The molecule has 0 saturated carbocycles. The predicted molar refractivity (Wildman–Crippen MR) is 67.8 cm³/mol. The molecule has 2 rings (SSSR count). The largest absolute Gasteiger partial charge is 0.272 e. The Labute approximate surface area is 102 Å². The first-order chi connectivity index (χ1) is 7.65. The van der Waals surface area contributed by atoms with Gasteiger partial charge in [0.15, 0.2) is 0 Å². The smallest absolute Gasteiger partial charge is 0.0596 e. The van der Waals surface area contributed by atoms with Crippen LogP contribution in [0.15, 0.2) is 17.7 Å². The van der Waals surface area contributed by atoms with Crippen molar-refractivity contribution in [2.75, 3.05) is 0 Å². The summed E-state index contributed by atoms with van der Waals surface area (Å²) in [7, 11) is 2.01. The summed E-state index contributed by atoms with van der Waals surface area (Å²) in [5, 5.41) is 4.60. The Bertz CT molecular complexity index is 393. The van der Waals surface area contributed by atoms with Gasteiger partial charge in [0, 0.05) is 19.2 Å². The van der Waals surface area contributed by atoms with Gasteiger partial charge in [0.2, 0.25) is 0 Å². The highest BCUT2D eigenvalue weighted by Crippen LogP contribution is 2.23. The third-order valence-corrected chi connectivity index (χ3v) is 3.50. The van der Waals surface area contributed by atoms with Crippen molar-refractivity contribution < 1.29 is 0 Å². The fourth-order valence-electron chi connectivity index (χ4n) is 2.32. The van der Waals surface area contributed by atoms with Gasteiger partial charge in [0.1, 0.15) is 0 Å². The first-order valence-corrected chi connectivity index (χ1v) is 6.42. The second kappa shape index (κ2) is 5.05. The highest BCUT2D eigenvalue weighted by molar-refractivity contribution is 6.21. The summed E-state index contributed by atoms with van der Waals surface area (Å²) in [5.41, 5.74) is 3.85. The molecule has 0 spiro atoms. The molecule has 0 radical (unpaired) electrons. The number of nitrogens with zero attached hydrogens (tertiary/aromatic N) is 2. The van der Waals surface area contributed by atoms with E-state index in [9.17, 15) is 0 Å². The van der Waals surface area contributed by atoms with Crippen molar-refractivity contribution in [2.24, 2.45) is 7.05 Å². The lowest BCUT2D eigenvalue weighted by molar-refractivity contribution is 0.690. The van der Waals surface area contributed by atoms with Crippen LogP contribution in [-0.2, 0) is 13.5 Å². The molecular formula is C13H19ClN2. The Hall–Kier alpha value is -0.760. The molecule has 1 aliphatic carbocycles. The Balaban J connectivity index is 2.11. The molecule has 88 valence electrons. The molecule has 1 atom stereocenters. The van der Waals surface area contributed by atoms with Gasteiger partial charge >= 0.3 is 0 Å². The number of alkyl halides is 1. The van der Waals surface area contributed by atoms with Crippen LogP contribution >= 0.6 is 11.6 Å². The quantitative estimate of drug-likeness (QED) is 0.571. The van der Waals surface area contributed by atoms with E-state index >= 15 is 0 Å². The Morgan fingerprint density at radius 3 is 3.00 bits per heavy atom. The van der Waals surface area contributed by atoms with Crippen molar-refractivity contribution in [2.45, 2.75) is 44.4 Å². The maximum atomic E-state index is 6.23. The monoisotopic (exact) mass is 238 g/mol. The van der Waals surface area contributed by atoms with E-state index in [4.69, 9.17) is 11.6 Å². The molecule has 0 aliphatic heterocycles. The minimum Gasteiger partial charge on any atom is -0.272 e. The van der Waals surface area contributed by atoms with Crippen molar-refractivity contribution in [1.29, 1.82) is 0 Å². The standard InChI is InChI=1S/C13H19ClN2/c1-10-7-13(16(2)15-10)9-11-5-3-4-6-12(14)8-11/h7-8,12H,3-6,9H2,1-2H3. The lowest BCUT2D eigenvalue weighted by atomic mass is 10.1. The maximum Gasteiger partial charge on any atom is 0.0596 e. The van der Waals surface area contributed by atoms with Crippen molar-refractivity contribution in [3.8, 4) is 0 Å². The second-order valence-electron chi connectivity index (χ2n) is 4.66. The lowest BCUT2D eigenvalue weighted by Gasteiger charge is -2.06. The Kier molecular flexibility index (Phi) is 3.70. The van der Waals surface area contributed by atoms with E-state index in [2.05, 4.69) is 17.2 Å². The van der Waals surface area contributed by atoms with Crippen molar-refractivity contribution >= 4 is 11.6 Å². The molecule has 2 nitrogen and oxygen atoms in total. The van der Waals surface area contributed by atoms with E-state index in [1.807, 2.05) is 18.7 Å². The van der Waals surface area contributed by atoms with Crippen LogP contribution in [0.2, 0.25) is 0 Å². The van der Waals surface area contributed by atoms with Crippen LogP contribution in [0.3, 0.4) is 0 Å². The molecule has 0 saturated heterocycles. The summed E-state index contributed by atoms with van der Waals surface area (Å²) in [5.74, 6) is 0. The second-order valence-corrected chi connectivity index (χ2v) is 5.22. The predicted octanol–water partition coefficient (Wildman–Crippen LogP) is 3.38. The van der Waals surface area contributed by atoms with E-state index in [1.165, 1.54) is 30.5 Å². The minimum atomic E-state index is 0.229. The molecule has 0 amide bonds. The van der Waals surface area contributed by atoms with Gasteiger partial charge in [-0.15, -0.1) is 11.6 Å². The van der Waals surface area contributed by atoms with Gasteiger partial charge in [-0.2, -0.15) is 5.10 Å². The lowest BCUT2D eigenvalue weighted by Crippen LogP contribution is -2.01. The molecule has 1 aromatic rings. The number of hydrogen-bond acceptors (Lipinski definition) is 1. The van der Waals surface area contributed by atoms with Gasteiger partial charge in [0.25, 0.3) is 0 Å². The zero-order chi connectivity index (χ0) is 11.5. The topological polar surface area (TPSA) is 17.8 Å². The Morgan fingerprint density at radius 1 is 1.50 bits per heavy atom. The van der Waals surface area contributed by atoms with Crippen LogP contribution in [0, 0.1) is 6.92 Å². The summed E-state index contributed by atoms with van der Waals surface area (Å²) in [6.07, 6.45) is 8.07. The van der Waals surface area contributed by atoms with Crippen LogP contribution in [0.4, 0.5) is 0 Å². The van der Waals surface area contributed by atoms with Gasteiger partial charge in [-0.05, 0) is 32.3 Å². The highest BCUT2D eigenvalue weighted by atomic mass is 35.5. The number of halogens is 1. The average molecular weight is 239 g/mol. The van der Waals surface area contributed by atoms with Crippen LogP contribution in [0.5, 0.6) is 0 Å². The summed E-state index contributed by atoms with van der Waals surface area (Å²) >= 11 is 6.23. The summed E-state index contributed by atoms with van der Waals surface area (Å²) in [6, 6.07) is 2.16. The molecule has 1 aromatic heterocycles. The molecule has 16 heavy (non-hydrogen) atoms. The van der Waals surface area contributed by atoms with E-state index in [0.717, 1.165) is 18.5 Å². The van der Waals surface area contributed by atoms with Gasteiger partial charge < -0.3 is 0 Å². The van der Waals surface area contributed by atoms with E-state index in [-0.39, 0.29) is 5.38 Å². The maximum absolute atomic E-state index is 6.23. The van der Waals surface area contributed by atoms with Crippen LogP contribution in [0.1, 0.15) is 37.1 Å². The number of rotatable bonds is 2. The van der Waals surface area contributed by atoms with Crippen molar-refractivity contribution in [3.05, 3.63) is 29.1 Å². The molecule has 1 heterocycles. The van der Waals surface area contributed by atoms with Crippen LogP contribution in [-0.4, -0.2) is 15.2 Å². The number of hydrogen-bond donors (Lipinski definition) is 0. The first kappa shape index (κ1) is 11.7. The molecule has 0 N–H and O–H groups in total. The van der Waals surface area contributed by atoms with Gasteiger partial charge in [-0.3, -0.25) is 4.68 Å². The molecule has 0 aromatic carbocycles. The minimum absolute atomic E-state index is 0.229. The molecule has 0 bridgehead atoms. The molecule has 0 fully saturated rings. The first-order valence-electron chi connectivity index (χ1n) is 5.98. The Morgan fingerprint density at radius 2 is 2.31 bits per heavy atom. The molecular weight excluding hydrogens is 220 g/mol.